The number of carbonyl (C=O) groups excluding carboxylic acids is 1. The first-order valence-corrected chi connectivity index (χ1v) is 5.70. The Labute approximate surface area is 98.1 Å². The number of benzene rings is 1. The Hall–Kier alpha value is -1.31. The lowest BCUT2D eigenvalue weighted by Gasteiger charge is -2.18. The van der Waals surface area contributed by atoms with Crippen LogP contribution in [0.15, 0.2) is 24.3 Å². The monoisotopic (exact) mass is 219 g/mol. The predicted molar refractivity (Wildman–Crippen MR) is 67.3 cm³/mol. The Bertz CT molecular complexity index is 363. The van der Waals surface area contributed by atoms with Crippen molar-refractivity contribution in [1.82, 2.24) is 5.32 Å². The molecular formula is C14H21NO. The van der Waals surface area contributed by atoms with Crippen LogP contribution in [0.2, 0.25) is 0 Å². The summed E-state index contributed by atoms with van der Waals surface area (Å²) < 4.78 is 0. The molecule has 1 amide bonds. The van der Waals surface area contributed by atoms with E-state index in [0.717, 1.165) is 12.1 Å². The second-order valence-corrected chi connectivity index (χ2v) is 5.44. The summed E-state index contributed by atoms with van der Waals surface area (Å²) in [5.74, 6) is 0.101. The van der Waals surface area contributed by atoms with Gasteiger partial charge in [-0.1, -0.05) is 45.0 Å². The van der Waals surface area contributed by atoms with Gasteiger partial charge in [0.2, 0.25) is 5.91 Å². The van der Waals surface area contributed by atoms with Crippen LogP contribution in [0.5, 0.6) is 0 Å². The molecule has 1 aromatic rings. The van der Waals surface area contributed by atoms with E-state index >= 15 is 0 Å². The number of carbonyl (C=O) groups is 1. The third-order valence-corrected chi connectivity index (χ3v) is 2.43. The van der Waals surface area contributed by atoms with Gasteiger partial charge < -0.3 is 5.32 Å². The lowest BCUT2D eigenvalue weighted by atomic mass is 9.97. The molecule has 0 fully saturated rings. The fourth-order valence-electron chi connectivity index (χ4n) is 1.41. The van der Waals surface area contributed by atoms with Gasteiger partial charge in [0.1, 0.15) is 0 Å². The highest BCUT2D eigenvalue weighted by atomic mass is 16.1. The summed E-state index contributed by atoms with van der Waals surface area (Å²) in [5.41, 5.74) is 2.42. The van der Waals surface area contributed by atoms with Crippen molar-refractivity contribution in [3.8, 4) is 0 Å². The van der Waals surface area contributed by atoms with E-state index in [1.165, 1.54) is 5.56 Å². The molecule has 0 aliphatic rings. The fraction of sp³-hybridized carbons (Fsp3) is 0.500. The molecular weight excluding hydrogens is 198 g/mol. The summed E-state index contributed by atoms with van der Waals surface area (Å²) in [4.78, 5) is 11.7. The predicted octanol–water partition coefficient (Wildman–Crippen LogP) is 2.70. The van der Waals surface area contributed by atoms with Crippen LogP contribution in [0.4, 0.5) is 0 Å². The first-order valence-electron chi connectivity index (χ1n) is 5.70. The lowest BCUT2D eigenvalue weighted by Crippen LogP contribution is -2.33. The first kappa shape index (κ1) is 12.8. The van der Waals surface area contributed by atoms with Crippen LogP contribution >= 0.6 is 0 Å². The standard InChI is InChI=1S/C14H21NO/c1-11-7-5-6-8-12(11)9-13(16)15-10-14(2,3)4/h5-8H,9-10H2,1-4H3,(H,15,16). The molecule has 0 spiro atoms. The Kier molecular flexibility index (Phi) is 4.11. The van der Waals surface area contributed by atoms with Crippen LogP contribution < -0.4 is 5.32 Å². The largest absolute Gasteiger partial charge is 0.355 e. The second-order valence-electron chi connectivity index (χ2n) is 5.44. The summed E-state index contributed by atoms with van der Waals surface area (Å²) in [7, 11) is 0. The van der Waals surface area contributed by atoms with Gasteiger partial charge in [-0.15, -0.1) is 0 Å². The van der Waals surface area contributed by atoms with Crippen molar-refractivity contribution in [3.05, 3.63) is 35.4 Å². The number of rotatable bonds is 3. The van der Waals surface area contributed by atoms with Crippen molar-refractivity contribution in [3.63, 3.8) is 0 Å². The molecule has 0 heterocycles. The van der Waals surface area contributed by atoms with Gasteiger partial charge in [-0.2, -0.15) is 0 Å². The molecule has 16 heavy (non-hydrogen) atoms. The van der Waals surface area contributed by atoms with Gasteiger partial charge in [-0.3, -0.25) is 4.79 Å². The molecule has 0 radical (unpaired) electrons. The molecule has 2 nitrogen and oxygen atoms in total. The molecule has 0 aromatic heterocycles. The van der Waals surface area contributed by atoms with Crippen molar-refractivity contribution in [2.75, 3.05) is 6.54 Å². The Morgan fingerprint density at radius 3 is 2.44 bits per heavy atom. The first-order chi connectivity index (χ1) is 7.38. The highest BCUT2D eigenvalue weighted by Gasteiger charge is 2.12. The van der Waals surface area contributed by atoms with Crippen molar-refractivity contribution in [1.29, 1.82) is 0 Å². The van der Waals surface area contributed by atoms with Gasteiger partial charge in [0.25, 0.3) is 0 Å². The van der Waals surface area contributed by atoms with Crippen LogP contribution in [0, 0.1) is 12.3 Å². The maximum Gasteiger partial charge on any atom is 0.224 e. The van der Waals surface area contributed by atoms with E-state index in [4.69, 9.17) is 0 Å². The van der Waals surface area contributed by atoms with Crippen molar-refractivity contribution in [2.24, 2.45) is 5.41 Å². The Balaban J connectivity index is 2.50. The minimum atomic E-state index is 0.101. The third kappa shape index (κ3) is 4.47. The molecule has 1 N–H and O–H groups in total. The number of hydrogen-bond acceptors (Lipinski definition) is 1. The van der Waals surface area contributed by atoms with Crippen molar-refractivity contribution < 1.29 is 4.79 Å². The highest BCUT2D eigenvalue weighted by Crippen LogP contribution is 2.11. The number of amides is 1. The number of aryl methyl sites for hydroxylation is 1. The van der Waals surface area contributed by atoms with Crippen LogP contribution in [-0.4, -0.2) is 12.5 Å². The second kappa shape index (κ2) is 5.15. The summed E-state index contributed by atoms with van der Waals surface area (Å²) in [6, 6.07) is 8.00. The molecule has 0 aliphatic heterocycles. The molecule has 1 rings (SSSR count). The van der Waals surface area contributed by atoms with Crippen LogP contribution in [0.3, 0.4) is 0 Å². The molecule has 0 aliphatic carbocycles. The summed E-state index contributed by atoms with van der Waals surface area (Å²) in [6.07, 6.45) is 0.475. The SMILES string of the molecule is Cc1ccccc1CC(=O)NCC(C)(C)C. The minimum Gasteiger partial charge on any atom is -0.355 e. The molecule has 0 unspecified atom stereocenters. The summed E-state index contributed by atoms with van der Waals surface area (Å²) >= 11 is 0. The maximum atomic E-state index is 11.7. The zero-order valence-corrected chi connectivity index (χ0v) is 10.6. The van der Waals surface area contributed by atoms with Crippen molar-refractivity contribution >= 4 is 5.91 Å². The number of nitrogens with one attached hydrogen (secondary N) is 1. The van der Waals surface area contributed by atoms with Gasteiger partial charge in [0.15, 0.2) is 0 Å². The lowest BCUT2D eigenvalue weighted by molar-refractivity contribution is -0.120. The summed E-state index contributed by atoms with van der Waals surface area (Å²) in [5, 5.41) is 2.96. The molecule has 2 heteroatoms. The molecule has 0 saturated heterocycles. The van der Waals surface area contributed by atoms with Gasteiger partial charge >= 0.3 is 0 Å². The molecule has 0 bridgehead atoms. The van der Waals surface area contributed by atoms with E-state index in [0.29, 0.717) is 6.42 Å². The maximum absolute atomic E-state index is 11.7. The highest BCUT2D eigenvalue weighted by molar-refractivity contribution is 5.78. The van der Waals surface area contributed by atoms with Gasteiger partial charge in [0.05, 0.1) is 6.42 Å². The molecule has 1 aromatic carbocycles. The topological polar surface area (TPSA) is 29.1 Å². The molecule has 0 atom stereocenters. The average Bonchev–Trinajstić information content (AvgIpc) is 2.18. The number of hydrogen-bond donors (Lipinski definition) is 1. The van der Waals surface area contributed by atoms with Gasteiger partial charge in [-0.25, -0.2) is 0 Å². The normalized spacial score (nSPS) is 11.2. The van der Waals surface area contributed by atoms with E-state index in [1.54, 1.807) is 0 Å². The average molecular weight is 219 g/mol. The van der Waals surface area contributed by atoms with Crippen LogP contribution in [0.25, 0.3) is 0 Å². The molecule has 0 saturated carbocycles. The Morgan fingerprint density at radius 1 is 1.25 bits per heavy atom. The van der Waals surface area contributed by atoms with Gasteiger partial charge in [0, 0.05) is 6.54 Å². The third-order valence-electron chi connectivity index (χ3n) is 2.43. The fourth-order valence-corrected chi connectivity index (χ4v) is 1.41. The quantitative estimate of drug-likeness (QED) is 0.832. The zero-order valence-electron chi connectivity index (χ0n) is 10.6. The Morgan fingerprint density at radius 2 is 1.88 bits per heavy atom. The minimum absolute atomic E-state index is 0.101. The smallest absolute Gasteiger partial charge is 0.224 e. The van der Waals surface area contributed by atoms with Crippen LogP contribution in [0.1, 0.15) is 31.9 Å². The van der Waals surface area contributed by atoms with E-state index in [9.17, 15) is 4.79 Å². The van der Waals surface area contributed by atoms with E-state index < -0.39 is 0 Å². The summed E-state index contributed by atoms with van der Waals surface area (Å²) in [6.45, 7) is 9.09. The van der Waals surface area contributed by atoms with Gasteiger partial charge in [-0.05, 0) is 23.5 Å². The van der Waals surface area contributed by atoms with E-state index in [-0.39, 0.29) is 11.3 Å². The van der Waals surface area contributed by atoms with E-state index in [2.05, 4.69) is 26.1 Å². The van der Waals surface area contributed by atoms with E-state index in [1.807, 2.05) is 31.2 Å². The zero-order chi connectivity index (χ0) is 12.2. The van der Waals surface area contributed by atoms with Crippen LogP contribution in [-0.2, 0) is 11.2 Å². The molecule has 88 valence electrons. The van der Waals surface area contributed by atoms with Crippen molar-refractivity contribution in [2.45, 2.75) is 34.1 Å².